The summed E-state index contributed by atoms with van der Waals surface area (Å²) in [6.45, 7) is 1.37. The highest BCUT2D eigenvalue weighted by Crippen LogP contribution is 2.27. The molecule has 0 bridgehead atoms. The summed E-state index contributed by atoms with van der Waals surface area (Å²) in [4.78, 5) is 3.25. The van der Waals surface area contributed by atoms with Crippen LogP contribution in [0.15, 0.2) is 11.1 Å². The molecule has 0 radical (unpaired) electrons. The first-order chi connectivity index (χ1) is 6.73. The fourth-order valence-corrected chi connectivity index (χ4v) is 2.04. The van der Waals surface area contributed by atoms with Gasteiger partial charge in [0.1, 0.15) is 5.69 Å². The number of sulfonamides is 1. The van der Waals surface area contributed by atoms with Crippen molar-refractivity contribution in [3.8, 4) is 0 Å². The van der Waals surface area contributed by atoms with E-state index in [9.17, 15) is 17.2 Å². The van der Waals surface area contributed by atoms with Crippen LogP contribution < -0.4 is 5.14 Å². The van der Waals surface area contributed by atoms with E-state index >= 15 is 0 Å². The van der Waals surface area contributed by atoms with E-state index in [1.54, 1.807) is 0 Å². The fraction of sp³-hybridized carbons (Fsp3) is 0.286. The van der Waals surface area contributed by atoms with E-state index in [4.69, 9.17) is 16.7 Å². The average Bonchev–Trinajstić information content (AvgIpc) is 2.00. The second-order valence-corrected chi connectivity index (χ2v) is 4.71. The lowest BCUT2D eigenvalue weighted by Crippen LogP contribution is -2.16. The Morgan fingerprint density at radius 1 is 1.53 bits per heavy atom. The molecule has 1 rings (SSSR count). The topological polar surface area (TPSA) is 73.0 Å². The number of aromatic nitrogens is 1. The molecular weight excluding hydrogens is 250 g/mol. The van der Waals surface area contributed by atoms with E-state index in [0.717, 1.165) is 6.07 Å². The van der Waals surface area contributed by atoms with Gasteiger partial charge in [-0.05, 0) is 18.6 Å². The van der Waals surface area contributed by atoms with E-state index in [0.29, 0.717) is 0 Å². The third-order valence-electron chi connectivity index (χ3n) is 1.62. The molecule has 2 N–H and O–H groups in total. The molecule has 0 amide bonds. The Morgan fingerprint density at radius 3 is 2.47 bits per heavy atom. The van der Waals surface area contributed by atoms with Gasteiger partial charge in [0.15, 0.2) is 5.03 Å². The van der Waals surface area contributed by atoms with Gasteiger partial charge in [-0.3, -0.25) is 0 Å². The molecule has 0 aliphatic rings. The van der Waals surface area contributed by atoms with Crippen LogP contribution in [-0.4, -0.2) is 13.4 Å². The van der Waals surface area contributed by atoms with Gasteiger partial charge in [0.2, 0.25) is 0 Å². The van der Waals surface area contributed by atoms with Crippen molar-refractivity contribution in [3.63, 3.8) is 0 Å². The van der Waals surface area contributed by atoms with Crippen LogP contribution >= 0.6 is 11.6 Å². The first-order valence-electron chi connectivity index (χ1n) is 3.71. The number of hydrogen-bond acceptors (Lipinski definition) is 3. The van der Waals surface area contributed by atoms with Crippen LogP contribution in [0.25, 0.3) is 0 Å². The Balaban J connectivity index is 3.50. The minimum Gasteiger partial charge on any atom is -0.232 e. The van der Waals surface area contributed by atoms with Gasteiger partial charge in [-0.25, -0.2) is 27.3 Å². The van der Waals surface area contributed by atoms with E-state index in [-0.39, 0.29) is 10.6 Å². The molecular formula is C7H7ClF2N2O2S. The molecule has 1 aromatic rings. The quantitative estimate of drug-likeness (QED) is 0.874. The number of aryl methyl sites for hydroxylation is 1. The van der Waals surface area contributed by atoms with Crippen molar-refractivity contribution in [1.82, 2.24) is 4.98 Å². The summed E-state index contributed by atoms with van der Waals surface area (Å²) < 4.78 is 46.6. The highest BCUT2D eigenvalue weighted by molar-refractivity contribution is 7.89. The first-order valence-corrected chi connectivity index (χ1v) is 5.64. The molecule has 0 aliphatic heterocycles. The lowest BCUT2D eigenvalue weighted by Gasteiger charge is -2.07. The van der Waals surface area contributed by atoms with Crippen molar-refractivity contribution in [1.29, 1.82) is 0 Å². The molecule has 1 heterocycles. The molecule has 0 aliphatic carbocycles. The molecule has 0 spiro atoms. The van der Waals surface area contributed by atoms with E-state index in [1.807, 2.05) is 0 Å². The maximum atomic E-state index is 12.3. The fourth-order valence-electron chi connectivity index (χ4n) is 1.02. The zero-order chi connectivity index (χ0) is 11.8. The SMILES string of the molecule is Cc1cc(Cl)c(C(F)F)nc1S(N)(=O)=O. The van der Waals surface area contributed by atoms with Gasteiger partial charge in [-0.2, -0.15) is 0 Å². The van der Waals surface area contributed by atoms with E-state index < -0.39 is 27.2 Å². The Kier molecular flexibility index (Phi) is 3.27. The molecule has 8 heteroatoms. The zero-order valence-electron chi connectivity index (χ0n) is 7.54. The lowest BCUT2D eigenvalue weighted by molar-refractivity contribution is 0.145. The molecule has 0 atom stereocenters. The van der Waals surface area contributed by atoms with E-state index in [2.05, 4.69) is 4.98 Å². The normalized spacial score (nSPS) is 12.1. The molecule has 0 unspecified atom stereocenters. The summed E-state index contributed by atoms with van der Waals surface area (Å²) in [5, 5.41) is 3.93. The number of alkyl halides is 2. The van der Waals surface area contributed by atoms with Crippen LogP contribution in [0.3, 0.4) is 0 Å². The van der Waals surface area contributed by atoms with Gasteiger partial charge in [-0.1, -0.05) is 11.6 Å². The van der Waals surface area contributed by atoms with Crippen molar-refractivity contribution in [2.75, 3.05) is 0 Å². The molecule has 4 nitrogen and oxygen atoms in total. The van der Waals surface area contributed by atoms with Gasteiger partial charge < -0.3 is 0 Å². The van der Waals surface area contributed by atoms with Crippen LogP contribution in [0, 0.1) is 6.92 Å². The van der Waals surface area contributed by atoms with E-state index in [1.165, 1.54) is 6.92 Å². The second kappa shape index (κ2) is 3.99. The van der Waals surface area contributed by atoms with Crippen molar-refractivity contribution < 1.29 is 17.2 Å². The smallest absolute Gasteiger partial charge is 0.232 e. The van der Waals surface area contributed by atoms with Crippen molar-refractivity contribution in [2.24, 2.45) is 5.14 Å². The number of nitrogens with zero attached hydrogens (tertiary/aromatic N) is 1. The first kappa shape index (κ1) is 12.3. The van der Waals surface area contributed by atoms with Crippen LogP contribution in [-0.2, 0) is 10.0 Å². The molecule has 0 saturated carbocycles. The maximum absolute atomic E-state index is 12.3. The predicted octanol–water partition coefficient (Wildman–Crippen LogP) is 1.63. The number of primary sulfonamides is 1. The third kappa shape index (κ3) is 2.61. The summed E-state index contributed by atoms with van der Waals surface area (Å²) in [5.41, 5.74) is -0.654. The molecule has 84 valence electrons. The Hall–Kier alpha value is -0.790. The second-order valence-electron chi connectivity index (χ2n) is 2.82. The Bertz CT molecular complexity index is 490. The molecule has 15 heavy (non-hydrogen) atoms. The predicted molar refractivity (Wildman–Crippen MR) is 50.3 cm³/mol. The minimum absolute atomic E-state index is 0.131. The average molecular weight is 257 g/mol. The van der Waals surface area contributed by atoms with Crippen LogP contribution in [0.2, 0.25) is 5.02 Å². The summed E-state index contributed by atoms with van der Waals surface area (Å²) in [7, 11) is -4.11. The Labute approximate surface area is 90.1 Å². The number of rotatable bonds is 2. The van der Waals surface area contributed by atoms with Crippen molar-refractivity contribution in [2.45, 2.75) is 18.4 Å². The minimum atomic E-state index is -4.11. The van der Waals surface area contributed by atoms with Crippen LogP contribution in [0.1, 0.15) is 17.7 Å². The Morgan fingerprint density at radius 2 is 2.07 bits per heavy atom. The van der Waals surface area contributed by atoms with Crippen LogP contribution in [0.4, 0.5) is 8.78 Å². The number of nitrogens with two attached hydrogens (primary N) is 1. The van der Waals surface area contributed by atoms with Gasteiger partial charge >= 0.3 is 0 Å². The van der Waals surface area contributed by atoms with Gasteiger partial charge in [0.05, 0.1) is 5.02 Å². The van der Waals surface area contributed by atoms with Crippen molar-refractivity contribution in [3.05, 3.63) is 22.3 Å². The molecule has 0 aromatic carbocycles. The summed E-state index contributed by atoms with van der Waals surface area (Å²) in [6.07, 6.45) is -2.95. The summed E-state index contributed by atoms with van der Waals surface area (Å²) >= 11 is 5.47. The highest BCUT2D eigenvalue weighted by Gasteiger charge is 2.21. The molecule has 0 saturated heterocycles. The maximum Gasteiger partial charge on any atom is 0.281 e. The van der Waals surface area contributed by atoms with Gasteiger partial charge in [-0.15, -0.1) is 0 Å². The number of halogens is 3. The highest BCUT2D eigenvalue weighted by atomic mass is 35.5. The molecule has 1 aromatic heterocycles. The third-order valence-corrected chi connectivity index (χ3v) is 2.88. The number of hydrogen-bond donors (Lipinski definition) is 1. The van der Waals surface area contributed by atoms with Gasteiger partial charge in [0, 0.05) is 0 Å². The lowest BCUT2D eigenvalue weighted by atomic mass is 10.3. The van der Waals surface area contributed by atoms with Crippen molar-refractivity contribution >= 4 is 21.6 Å². The standard InChI is InChI=1S/C7H7ClF2N2O2S/c1-3-2-4(8)5(6(9)10)12-7(3)15(11,13)14/h2,6H,1H3,(H2,11,13,14). The monoisotopic (exact) mass is 256 g/mol. The summed E-state index contributed by atoms with van der Waals surface area (Å²) in [5.74, 6) is 0. The summed E-state index contributed by atoms with van der Waals surface area (Å²) in [6, 6.07) is 1.09. The van der Waals surface area contributed by atoms with Crippen LogP contribution in [0.5, 0.6) is 0 Å². The number of pyridine rings is 1. The molecule has 0 fully saturated rings. The van der Waals surface area contributed by atoms with Gasteiger partial charge in [0.25, 0.3) is 16.4 Å². The largest absolute Gasteiger partial charge is 0.281 e. The zero-order valence-corrected chi connectivity index (χ0v) is 9.11.